The van der Waals surface area contributed by atoms with Gasteiger partial charge in [0.15, 0.2) is 16.6 Å². The second-order valence-electron chi connectivity index (χ2n) is 5.96. The van der Waals surface area contributed by atoms with Gasteiger partial charge in [0.1, 0.15) is 0 Å². The molecule has 2 aromatic carbocycles. The van der Waals surface area contributed by atoms with E-state index in [1.54, 1.807) is 0 Å². The summed E-state index contributed by atoms with van der Waals surface area (Å²) >= 11 is 5.25. The Hall–Kier alpha value is -2.80. The number of nitrogens with one attached hydrogen (secondary N) is 3. The molecule has 150 valence electrons. The third-order valence-corrected chi connectivity index (χ3v) is 4.14. The van der Waals surface area contributed by atoms with Gasteiger partial charge in [0.25, 0.3) is 0 Å². The fourth-order valence-corrected chi connectivity index (χ4v) is 2.83. The molecule has 1 amide bonds. The van der Waals surface area contributed by atoms with Crippen LogP contribution in [0.2, 0.25) is 0 Å². The minimum atomic E-state index is -0.209. The number of rotatable bonds is 8. The highest BCUT2D eigenvalue weighted by Crippen LogP contribution is 2.28. The van der Waals surface area contributed by atoms with Crippen LogP contribution in [0.5, 0.6) is 11.5 Å². The van der Waals surface area contributed by atoms with Crippen molar-refractivity contribution in [2.75, 3.05) is 18.5 Å². The van der Waals surface area contributed by atoms with Gasteiger partial charge in [-0.1, -0.05) is 31.2 Å². The van der Waals surface area contributed by atoms with Gasteiger partial charge in [0, 0.05) is 5.69 Å². The maximum atomic E-state index is 12.2. The number of benzene rings is 2. The highest BCUT2D eigenvalue weighted by Gasteiger charge is 2.10. The maximum Gasteiger partial charge on any atom is 0.242 e. The number of hydrogen-bond acceptors (Lipinski definition) is 4. The van der Waals surface area contributed by atoms with Gasteiger partial charge < -0.3 is 14.8 Å². The first-order valence-electron chi connectivity index (χ1n) is 9.39. The van der Waals surface area contributed by atoms with E-state index >= 15 is 0 Å². The van der Waals surface area contributed by atoms with Crippen LogP contribution in [0.1, 0.15) is 31.9 Å². The number of hydrazine groups is 1. The second kappa shape index (κ2) is 11.1. The first-order valence-corrected chi connectivity index (χ1v) is 9.80. The number of carbonyl (C=O) groups excluding carboxylic acids is 1. The normalized spacial score (nSPS) is 10.1. The third-order valence-electron chi connectivity index (χ3n) is 3.93. The van der Waals surface area contributed by atoms with Crippen LogP contribution in [0, 0.1) is 0 Å². The Bertz CT molecular complexity index is 811. The molecular weight excluding hydrogens is 374 g/mol. The van der Waals surface area contributed by atoms with Crippen LogP contribution in [0.3, 0.4) is 0 Å². The zero-order valence-corrected chi connectivity index (χ0v) is 17.3. The summed E-state index contributed by atoms with van der Waals surface area (Å²) < 4.78 is 11.1. The van der Waals surface area contributed by atoms with E-state index in [1.807, 2.05) is 56.3 Å². The molecule has 0 bridgehead atoms. The molecule has 3 N–H and O–H groups in total. The summed E-state index contributed by atoms with van der Waals surface area (Å²) in [5.41, 5.74) is 8.24. The minimum absolute atomic E-state index is 0.188. The maximum absolute atomic E-state index is 12.2. The first-order chi connectivity index (χ1) is 13.6. The molecule has 0 aliphatic heterocycles. The summed E-state index contributed by atoms with van der Waals surface area (Å²) in [7, 11) is 0. The molecule has 7 heteroatoms. The third kappa shape index (κ3) is 6.42. The molecule has 6 nitrogen and oxygen atoms in total. The monoisotopic (exact) mass is 401 g/mol. The van der Waals surface area contributed by atoms with E-state index < -0.39 is 0 Å². The summed E-state index contributed by atoms with van der Waals surface area (Å²) in [6.07, 6.45) is 1.08. The fraction of sp³-hybridized carbons (Fsp3) is 0.333. The lowest BCUT2D eigenvalue weighted by molar-refractivity contribution is -0.120. The number of carbonyl (C=O) groups is 1. The molecule has 28 heavy (non-hydrogen) atoms. The van der Waals surface area contributed by atoms with E-state index in [9.17, 15) is 4.79 Å². The lowest BCUT2D eigenvalue weighted by atomic mass is 10.1. The fourth-order valence-electron chi connectivity index (χ4n) is 2.67. The summed E-state index contributed by atoms with van der Waals surface area (Å²) in [5, 5.41) is 3.43. The van der Waals surface area contributed by atoms with Gasteiger partial charge in [-0.3, -0.25) is 15.6 Å². The van der Waals surface area contributed by atoms with Crippen molar-refractivity contribution in [3.05, 3.63) is 53.6 Å². The Balaban J connectivity index is 1.89. The number of para-hydroxylation sites is 1. The first kappa shape index (κ1) is 21.5. The molecule has 0 saturated carbocycles. The van der Waals surface area contributed by atoms with Crippen molar-refractivity contribution >= 4 is 28.9 Å². The van der Waals surface area contributed by atoms with Gasteiger partial charge in [-0.15, -0.1) is 0 Å². The van der Waals surface area contributed by atoms with Crippen molar-refractivity contribution in [3.63, 3.8) is 0 Å². The lowest BCUT2D eigenvalue weighted by Crippen LogP contribution is -2.44. The quantitative estimate of drug-likeness (QED) is 0.464. The van der Waals surface area contributed by atoms with Gasteiger partial charge >= 0.3 is 0 Å². The second-order valence-corrected chi connectivity index (χ2v) is 6.37. The Morgan fingerprint density at radius 3 is 2.39 bits per heavy atom. The molecule has 0 radical (unpaired) electrons. The molecule has 0 aliphatic rings. The lowest BCUT2D eigenvalue weighted by Gasteiger charge is -2.15. The predicted molar refractivity (Wildman–Crippen MR) is 116 cm³/mol. The highest BCUT2D eigenvalue weighted by atomic mass is 32.1. The molecule has 0 atom stereocenters. The summed E-state index contributed by atoms with van der Waals surface area (Å²) in [5.74, 6) is 1.10. The summed E-state index contributed by atoms with van der Waals surface area (Å²) in [4.78, 5) is 12.2. The van der Waals surface area contributed by atoms with Crippen LogP contribution in [0.15, 0.2) is 42.5 Å². The zero-order chi connectivity index (χ0) is 20.4. The average molecular weight is 402 g/mol. The van der Waals surface area contributed by atoms with Crippen LogP contribution >= 0.6 is 12.2 Å². The SMILES string of the molecule is CCOc1ccc(CC(=O)NNC(=S)Nc2ccccc2CC)cc1OCC. The minimum Gasteiger partial charge on any atom is -0.490 e. The molecule has 2 rings (SSSR count). The number of hydrogen-bond donors (Lipinski definition) is 3. The number of ether oxygens (including phenoxy) is 2. The molecule has 0 spiro atoms. The topological polar surface area (TPSA) is 71.6 Å². The van der Waals surface area contributed by atoms with Crippen molar-refractivity contribution < 1.29 is 14.3 Å². The van der Waals surface area contributed by atoms with Crippen LogP contribution in [-0.4, -0.2) is 24.2 Å². The summed E-state index contributed by atoms with van der Waals surface area (Å²) in [6.45, 7) is 6.97. The Labute approximate surface area is 171 Å². The van der Waals surface area contributed by atoms with Crippen LogP contribution < -0.4 is 25.6 Å². The highest BCUT2D eigenvalue weighted by molar-refractivity contribution is 7.80. The number of anilines is 1. The van der Waals surface area contributed by atoms with Crippen molar-refractivity contribution in [1.29, 1.82) is 0 Å². The van der Waals surface area contributed by atoms with E-state index in [0.717, 1.165) is 23.2 Å². The molecule has 0 saturated heterocycles. The zero-order valence-electron chi connectivity index (χ0n) is 16.5. The van der Waals surface area contributed by atoms with E-state index in [2.05, 4.69) is 23.1 Å². The predicted octanol–water partition coefficient (Wildman–Crippen LogP) is 3.61. The standard InChI is InChI=1S/C21H27N3O3S/c1-4-16-9-7-8-10-17(16)22-21(28)24-23-20(25)14-15-11-12-18(26-5-2)19(13-15)27-6-3/h7-13H,4-6,14H2,1-3H3,(H,23,25)(H2,22,24,28). The Morgan fingerprint density at radius 2 is 1.68 bits per heavy atom. The molecule has 0 aromatic heterocycles. The van der Waals surface area contributed by atoms with E-state index in [0.29, 0.717) is 29.8 Å². The van der Waals surface area contributed by atoms with Crippen molar-refractivity contribution in [2.24, 2.45) is 0 Å². The molecule has 2 aromatic rings. The summed E-state index contributed by atoms with van der Waals surface area (Å²) in [6, 6.07) is 13.4. The molecular formula is C21H27N3O3S. The molecule has 0 aliphatic carbocycles. The molecule has 0 fully saturated rings. The van der Waals surface area contributed by atoms with Crippen LogP contribution in [0.4, 0.5) is 5.69 Å². The van der Waals surface area contributed by atoms with Gasteiger partial charge in [0.05, 0.1) is 19.6 Å². The van der Waals surface area contributed by atoms with Gasteiger partial charge in [0.2, 0.25) is 5.91 Å². The average Bonchev–Trinajstić information content (AvgIpc) is 2.69. The van der Waals surface area contributed by atoms with Gasteiger partial charge in [-0.25, -0.2) is 0 Å². The van der Waals surface area contributed by atoms with Gasteiger partial charge in [-0.05, 0) is 61.8 Å². The van der Waals surface area contributed by atoms with Crippen LogP contribution in [-0.2, 0) is 17.6 Å². The van der Waals surface area contributed by atoms with Crippen LogP contribution in [0.25, 0.3) is 0 Å². The number of amides is 1. The van der Waals surface area contributed by atoms with E-state index in [1.165, 1.54) is 0 Å². The van der Waals surface area contributed by atoms with Crippen molar-refractivity contribution in [1.82, 2.24) is 10.9 Å². The smallest absolute Gasteiger partial charge is 0.242 e. The van der Waals surface area contributed by atoms with E-state index in [4.69, 9.17) is 21.7 Å². The Kier molecular flexibility index (Phi) is 8.55. The largest absolute Gasteiger partial charge is 0.490 e. The molecule has 0 heterocycles. The van der Waals surface area contributed by atoms with Crippen molar-refractivity contribution in [2.45, 2.75) is 33.6 Å². The molecule has 0 unspecified atom stereocenters. The van der Waals surface area contributed by atoms with E-state index in [-0.39, 0.29) is 12.3 Å². The van der Waals surface area contributed by atoms with Crippen molar-refractivity contribution in [3.8, 4) is 11.5 Å². The Morgan fingerprint density at radius 1 is 0.964 bits per heavy atom. The van der Waals surface area contributed by atoms with Gasteiger partial charge in [-0.2, -0.15) is 0 Å². The number of aryl methyl sites for hydroxylation is 1. The number of thiocarbonyl (C=S) groups is 1.